The Bertz CT molecular complexity index is 851. The normalized spacial score (nSPS) is 28.1. The first-order chi connectivity index (χ1) is 14.0. The van der Waals surface area contributed by atoms with Crippen molar-refractivity contribution in [2.24, 2.45) is 16.5 Å². The summed E-state index contributed by atoms with van der Waals surface area (Å²) in [6.45, 7) is 4.67. The molecule has 8 heteroatoms. The molecule has 0 aromatic heterocycles. The van der Waals surface area contributed by atoms with Crippen LogP contribution in [0.1, 0.15) is 18.5 Å². The Labute approximate surface area is 170 Å². The van der Waals surface area contributed by atoms with Gasteiger partial charge in [-0.1, -0.05) is 12.1 Å². The molecule has 4 rings (SSSR count). The van der Waals surface area contributed by atoms with Crippen molar-refractivity contribution in [1.82, 2.24) is 4.90 Å². The molecule has 1 aromatic carbocycles. The van der Waals surface area contributed by atoms with Gasteiger partial charge in [0.25, 0.3) is 0 Å². The van der Waals surface area contributed by atoms with Crippen LogP contribution in [-0.2, 0) is 4.74 Å². The number of allylic oxidation sites excluding steroid dienone is 4. The van der Waals surface area contributed by atoms with E-state index in [4.69, 9.17) is 25.6 Å². The topological polar surface area (TPSA) is 110 Å². The molecule has 3 aliphatic rings. The van der Waals surface area contributed by atoms with Gasteiger partial charge in [-0.05, 0) is 32.2 Å². The van der Waals surface area contributed by atoms with Gasteiger partial charge in [0, 0.05) is 24.7 Å². The van der Waals surface area contributed by atoms with E-state index >= 15 is 0 Å². The zero-order valence-corrected chi connectivity index (χ0v) is 16.8. The number of halogens is 1. The number of benzene rings is 1. The lowest BCUT2D eigenvalue weighted by Gasteiger charge is -2.42. The molecular weight excluding hydrogens is 373 g/mol. The van der Waals surface area contributed by atoms with E-state index in [-0.39, 0.29) is 29.7 Å². The predicted molar refractivity (Wildman–Crippen MR) is 112 cm³/mol. The number of aliphatic imine (C=N–C) groups is 1. The summed E-state index contributed by atoms with van der Waals surface area (Å²) in [5, 5.41) is 8.23. The monoisotopic (exact) mass is 401 g/mol. The Balaban J connectivity index is 0.00000117. The van der Waals surface area contributed by atoms with Crippen LogP contribution >= 0.6 is 0 Å². The van der Waals surface area contributed by atoms with Gasteiger partial charge in [-0.15, -0.1) is 0 Å². The predicted octanol–water partition coefficient (Wildman–Crippen LogP) is 1.80. The molecule has 2 aliphatic heterocycles. The number of nitrogens with two attached hydrogens (primary N) is 2. The van der Waals surface area contributed by atoms with Crippen LogP contribution < -0.4 is 16.2 Å². The molecule has 156 valence electrons. The summed E-state index contributed by atoms with van der Waals surface area (Å²) < 4.78 is 25.2. The third-order valence-corrected chi connectivity index (χ3v) is 5.16. The molecule has 0 amide bonds. The van der Waals surface area contributed by atoms with Crippen molar-refractivity contribution in [3.63, 3.8) is 0 Å². The average Bonchev–Trinajstić information content (AvgIpc) is 2.73. The number of hydrogen-bond acceptors (Lipinski definition) is 7. The minimum absolute atomic E-state index is 0.0184. The summed E-state index contributed by atoms with van der Waals surface area (Å²) in [5.41, 5.74) is 12.3. The van der Waals surface area contributed by atoms with Crippen LogP contribution in [0.2, 0.25) is 0 Å². The first-order valence-corrected chi connectivity index (χ1v) is 9.69. The summed E-state index contributed by atoms with van der Waals surface area (Å²) >= 11 is 0. The van der Waals surface area contributed by atoms with Crippen LogP contribution in [0.25, 0.3) is 0 Å². The summed E-state index contributed by atoms with van der Waals surface area (Å²) in [7, 11) is 1.50. The maximum Gasteiger partial charge on any atom is 0.127 e. The highest BCUT2D eigenvalue weighted by molar-refractivity contribution is 6.51. The van der Waals surface area contributed by atoms with Crippen molar-refractivity contribution in [3.8, 4) is 5.75 Å². The molecule has 2 heterocycles. The van der Waals surface area contributed by atoms with Crippen molar-refractivity contribution >= 4 is 11.4 Å². The van der Waals surface area contributed by atoms with E-state index in [0.717, 1.165) is 18.7 Å². The summed E-state index contributed by atoms with van der Waals surface area (Å²) in [6.07, 6.45) is 5.41. The minimum atomic E-state index is -0.337. The van der Waals surface area contributed by atoms with E-state index in [9.17, 15) is 4.39 Å². The quantitative estimate of drug-likeness (QED) is 0.655. The molecule has 1 aliphatic carbocycles. The van der Waals surface area contributed by atoms with E-state index in [0.29, 0.717) is 30.4 Å². The van der Waals surface area contributed by atoms with Crippen LogP contribution in [0.3, 0.4) is 0 Å². The van der Waals surface area contributed by atoms with Crippen LogP contribution in [0, 0.1) is 11.2 Å². The zero-order chi connectivity index (χ0) is 21.0. The molecule has 1 saturated heterocycles. The fourth-order valence-corrected chi connectivity index (χ4v) is 3.77. The van der Waals surface area contributed by atoms with E-state index in [1.165, 1.54) is 19.2 Å². The highest BCUT2D eigenvalue weighted by atomic mass is 19.1. The van der Waals surface area contributed by atoms with E-state index in [1.807, 2.05) is 6.92 Å². The molecule has 1 fully saturated rings. The second-order valence-electron chi connectivity index (χ2n) is 7.05. The van der Waals surface area contributed by atoms with E-state index in [2.05, 4.69) is 10.6 Å². The van der Waals surface area contributed by atoms with Gasteiger partial charge < -0.3 is 20.9 Å². The van der Waals surface area contributed by atoms with Crippen molar-refractivity contribution in [2.75, 3.05) is 33.4 Å². The van der Waals surface area contributed by atoms with Gasteiger partial charge in [0.15, 0.2) is 0 Å². The largest absolute Gasteiger partial charge is 0.491 e. The summed E-state index contributed by atoms with van der Waals surface area (Å²) in [5.74, 6) is 0.174. The number of fused-ring (bicyclic) bond motifs is 1. The van der Waals surface area contributed by atoms with Crippen molar-refractivity contribution in [3.05, 3.63) is 53.5 Å². The van der Waals surface area contributed by atoms with Crippen molar-refractivity contribution in [1.29, 1.82) is 5.41 Å². The van der Waals surface area contributed by atoms with Gasteiger partial charge >= 0.3 is 0 Å². The molecule has 7 nitrogen and oxygen atoms in total. The SMILES string of the molecule is CC1CN(C2COc3cc(F)ccc3C2N=C2C=CC=C(N)C2=N)CCO1.CN. The number of ether oxygens (including phenoxy) is 2. The third kappa shape index (κ3) is 4.55. The number of nitrogens with one attached hydrogen (secondary N) is 1. The second-order valence-corrected chi connectivity index (χ2v) is 7.05. The minimum Gasteiger partial charge on any atom is -0.491 e. The molecule has 1 aromatic rings. The van der Waals surface area contributed by atoms with Crippen LogP contribution in [0.15, 0.2) is 47.1 Å². The first kappa shape index (κ1) is 21.2. The number of morpholine rings is 1. The Kier molecular flexibility index (Phi) is 6.79. The first-order valence-electron chi connectivity index (χ1n) is 9.69. The van der Waals surface area contributed by atoms with Crippen LogP contribution in [-0.4, -0.2) is 61.8 Å². The lowest BCUT2D eigenvalue weighted by molar-refractivity contribution is -0.0476. The molecule has 0 radical (unpaired) electrons. The van der Waals surface area contributed by atoms with E-state index in [1.54, 1.807) is 24.3 Å². The molecule has 0 bridgehead atoms. The van der Waals surface area contributed by atoms with Gasteiger partial charge in [-0.3, -0.25) is 15.3 Å². The molecular formula is C21H28FN5O2. The van der Waals surface area contributed by atoms with Crippen molar-refractivity contribution in [2.45, 2.75) is 25.1 Å². The Morgan fingerprint density at radius 3 is 2.86 bits per heavy atom. The Morgan fingerprint density at radius 2 is 2.10 bits per heavy atom. The molecule has 29 heavy (non-hydrogen) atoms. The lowest BCUT2D eigenvalue weighted by atomic mass is 9.94. The number of nitrogens with zero attached hydrogens (tertiary/aromatic N) is 2. The molecule has 3 atom stereocenters. The zero-order valence-electron chi connectivity index (χ0n) is 16.8. The maximum atomic E-state index is 13.7. The summed E-state index contributed by atoms with van der Waals surface area (Å²) in [4.78, 5) is 7.19. The second kappa shape index (κ2) is 9.30. The van der Waals surface area contributed by atoms with Gasteiger partial charge in [0.05, 0.1) is 36.2 Å². The highest BCUT2D eigenvalue weighted by Gasteiger charge is 2.37. The van der Waals surface area contributed by atoms with Gasteiger partial charge in [0.2, 0.25) is 0 Å². The fourth-order valence-electron chi connectivity index (χ4n) is 3.77. The van der Waals surface area contributed by atoms with Crippen molar-refractivity contribution < 1.29 is 13.9 Å². The van der Waals surface area contributed by atoms with Gasteiger partial charge in [-0.2, -0.15) is 0 Å². The molecule has 0 saturated carbocycles. The van der Waals surface area contributed by atoms with Crippen LogP contribution in [0.5, 0.6) is 5.75 Å². The van der Waals surface area contributed by atoms with Gasteiger partial charge in [0.1, 0.15) is 23.9 Å². The van der Waals surface area contributed by atoms with Gasteiger partial charge in [-0.25, -0.2) is 4.39 Å². The molecule has 5 N–H and O–H groups in total. The Hall–Kier alpha value is -2.55. The summed E-state index contributed by atoms with van der Waals surface area (Å²) in [6, 6.07) is 4.26. The number of hydrogen-bond donors (Lipinski definition) is 3. The lowest BCUT2D eigenvalue weighted by Crippen LogP contribution is -2.52. The number of rotatable bonds is 2. The highest BCUT2D eigenvalue weighted by Crippen LogP contribution is 2.38. The smallest absolute Gasteiger partial charge is 0.127 e. The fraction of sp³-hybridized carbons (Fsp3) is 0.429. The molecule has 0 spiro atoms. The Morgan fingerprint density at radius 1 is 1.31 bits per heavy atom. The molecule has 3 unspecified atom stereocenters. The van der Waals surface area contributed by atoms with Crippen LogP contribution in [0.4, 0.5) is 4.39 Å². The maximum absolute atomic E-state index is 13.7. The third-order valence-electron chi connectivity index (χ3n) is 5.16. The standard InChI is InChI=1S/C20H23FN4O2.CH5N/c1-12-10-25(7-8-26-12)17-11-27-18-9-13(21)5-6-14(18)20(17)24-16-4-2-3-15(22)19(16)23;1-2/h2-6,9,12,17,20,23H,7-8,10-11,22H2,1H3;2H2,1H3. The average molecular weight is 401 g/mol. The van der Waals surface area contributed by atoms with E-state index < -0.39 is 0 Å².